The Balaban J connectivity index is 1.77. The second kappa shape index (κ2) is 7.55. The van der Waals surface area contributed by atoms with Gasteiger partial charge in [0.25, 0.3) is 11.8 Å². The molecule has 1 saturated heterocycles. The number of imide groups is 2. The van der Waals surface area contributed by atoms with Crippen LogP contribution in [0, 0.1) is 5.82 Å². The molecule has 0 bridgehead atoms. The molecule has 1 fully saturated rings. The third-order valence-corrected chi connectivity index (χ3v) is 4.45. The van der Waals surface area contributed by atoms with E-state index < -0.39 is 17.8 Å². The molecule has 1 heterocycles. The Labute approximate surface area is 165 Å². The van der Waals surface area contributed by atoms with Crippen LogP contribution < -0.4 is 15.4 Å². The zero-order chi connectivity index (χ0) is 20.4. The maximum absolute atomic E-state index is 13.4. The fourth-order valence-corrected chi connectivity index (χ4v) is 3.09. The van der Waals surface area contributed by atoms with E-state index in [0.717, 1.165) is 10.8 Å². The number of hydrogen-bond donors (Lipinski definition) is 2. The number of nitrogens with one attached hydrogen (secondary N) is 2. The maximum Gasteiger partial charge on any atom is 0.328 e. The molecule has 0 spiro atoms. The normalized spacial score (nSPS) is 13.8. The maximum atomic E-state index is 13.4. The first-order chi connectivity index (χ1) is 14.0. The van der Waals surface area contributed by atoms with Crippen molar-refractivity contribution in [1.29, 1.82) is 0 Å². The zero-order valence-electron chi connectivity index (χ0n) is 15.1. The minimum Gasteiger partial charge on any atom is -0.488 e. The molecule has 6 nitrogen and oxygen atoms in total. The van der Waals surface area contributed by atoms with E-state index >= 15 is 0 Å². The highest BCUT2D eigenvalue weighted by Gasteiger charge is 2.28. The van der Waals surface area contributed by atoms with Crippen molar-refractivity contribution < 1.29 is 23.5 Å². The fraction of sp³-hybridized carbons (Fsp3) is 0.0455. The molecule has 7 heteroatoms. The summed E-state index contributed by atoms with van der Waals surface area (Å²) in [7, 11) is 0. The molecule has 2 N–H and O–H groups in total. The van der Waals surface area contributed by atoms with Crippen LogP contribution in [0.1, 0.15) is 11.1 Å². The van der Waals surface area contributed by atoms with Crippen LogP contribution in [0.4, 0.5) is 9.18 Å². The predicted molar refractivity (Wildman–Crippen MR) is 104 cm³/mol. The van der Waals surface area contributed by atoms with Crippen LogP contribution in [-0.4, -0.2) is 17.8 Å². The van der Waals surface area contributed by atoms with Crippen molar-refractivity contribution in [1.82, 2.24) is 10.6 Å². The van der Waals surface area contributed by atoms with Gasteiger partial charge < -0.3 is 4.74 Å². The van der Waals surface area contributed by atoms with Gasteiger partial charge in [-0.3, -0.25) is 20.2 Å². The monoisotopic (exact) mass is 390 g/mol. The second-order valence-electron chi connectivity index (χ2n) is 6.41. The van der Waals surface area contributed by atoms with Crippen molar-refractivity contribution in [2.24, 2.45) is 0 Å². The Morgan fingerprint density at radius 3 is 2.41 bits per heavy atom. The summed E-state index contributed by atoms with van der Waals surface area (Å²) in [6, 6.07) is 16.2. The van der Waals surface area contributed by atoms with Crippen LogP contribution in [0.15, 0.2) is 66.2 Å². The Morgan fingerprint density at radius 2 is 1.66 bits per heavy atom. The smallest absolute Gasteiger partial charge is 0.328 e. The van der Waals surface area contributed by atoms with E-state index in [1.165, 1.54) is 18.2 Å². The van der Waals surface area contributed by atoms with Crippen molar-refractivity contribution in [2.75, 3.05) is 0 Å². The fourth-order valence-electron chi connectivity index (χ4n) is 3.09. The number of halogens is 1. The van der Waals surface area contributed by atoms with Crippen molar-refractivity contribution in [3.63, 3.8) is 0 Å². The molecule has 0 radical (unpaired) electrons. The van der Waals surface area contributed by atoms with Gasteiger partial charge in [0.2, 0.25) is 0 Å². The van der Waals surface area contributed by atoms with Crippen LogP contribution in [-0.2, 0) is 16.2 Å². The molecule has 3 aromatic rings. The van der Waals surface area contributed by atoms with Gasteiger partial charge in [0.05, 0.1) is 0 Å². The first kappa shape index (κ1) is 18.4. The number of fused-ring (bicyclic) bond motifs is 1. The molecule has 0 aliphatic carbocycles. The van der Waals surface area contributed by atoms with Gasteiger partial charge in [0.1, 0.15) is 23.7 Å². The summed E-state index contributed by atoms with van der Waals surface area (Å²) < 4.78 is 19.3. The van der Waals surface area contributed by atoms with Gasteiger partial charge in [0.15, 0.2) is 0 Å². The van der Waals surface area contributed by atoms with E-state index in [0.29, 0.717) is 16.9 Å². The number of urea groups is 1. The molecular weight excluding hydrogens is 375 g/mol. The highest BCUT2D eigenvalue weighted by molar-refractivity contribution is 6.31. The molecule has 0 atom stereocenters. The van der Waals surface area contributed by atoms with E-state index in [9.17, 15) is 18.8 Å². The van der Waals surface area contributed by atoms with Crippen LogP contribution in [0.3, 0.4) is 0 Å². The number of rotatable bonds is 4. The van der Waals surface area contributed by atoms with Gasteiger partial charge in [-0.1, -0.05) is 42.5 Å². The summed E-state index contributed by atoms with van der Waals surface area (Å²) in [6.45, 7) is 0.100. The first-order valence-electron chi connectivity index (χ1n) is 8.78. The minimum absolute atomic E-state index is 0.100. The lowest BCUT2D eigenvalue weighted by Crippen LogP contribution is -2.51. The molecule has 144 valence electrons. The molecule has 3 aromatic carbocycles. The number of benzene rings is 3. The standard InChI is InChI=1S/C22H15FN2O4/c23-15-6-3-4-13(10-15)12-29-19-9-8-14-5-1-2-7-16(14)17(19)11-18-20(26)24-22(28)25-21(18)27/h1-11H,12H2,(H2,24,25,26,27,28). The zero-order valence-corrected chi connectivity index (χ0v) is 15.1. The average molecular weight is 390 g/mol. The summed E-state index contributed by atoms with van der Waals surface area (Å²) in [6.07, 6.45) is 1.39. The van der Waals surface area contributed by atoms with E-state index in [4.69, 9.17) is 4.74 Å². The SMILES string of the molecule is O=C1NC(=O)C(=Cc2c(OCc3cccc(F)c3)ccc3ccccc23)C(=O)N1. The highest BCUT2D eigenvalue weighted by atomic mass is 19.1. The van der Waals surface area contributed by atoms with E-state index in [2.05, 4.69) is 10.6 Å². The van der Waals surface area contributed by atoms with E-state index in [-0.39, 0.29) is 18.0 Å². The summed E-state index contributed by atoms with van der Waals surface area (Å²) in [5, 5.41) is 5.74. The minimum atomic E-state index is -0.863. The van der Waals surface area contributed by atoms with E-state index in [1.54, 1.807) is 18.2 Å². The molecule has 1 aliphatic rings. The number of amides is 4. The third kappa shape index (κ3) is 3.84. The lowest BCUT2D eigenvalue weighted by Gasteiger charge is -2.16. The Morgan fingerprint density at radius 1 is 0.897 bits per heavy atom. The largest absolute Gasteiger partial charge is 0.488 e. The van der Waals surface area contributed by atoms with Gasteiger partial charge in [0, 0.05) is 5.56 Å². The Kier molecular flexibility index (Phi) is 4.78. The van der Waals surface area contributed by atoms with Crippen LogP contribution in [0.5, 0.6) is 5.75 Å². The molecule has 0 unspecified atom stereocenters. The topological polar surface area (TPSA) is 84.5 Å². The van der Waals surface area contributed by atoms with Crippen LogP contribution >= 0.6 is 0 Å². The van der Waals surface area contributed by atoms with Crippen molar-refractivity contribution in [3.8, 4) is 5.75 Å². The third-order valence-electron chi connectivity index (χ3n) is 4.45. The molecule has 4 rings (SSSR count). The quantitative estimate of drug-likeness (QED) is 0.529. The summed E-state index contributed by atoms with van der Waals surface area (Å²) in [5.41, 5.74) is 0.932. The van der Waals surface area contributed by atoms with Crippen LogP contribution in [0.25, 0.3) is 16.8 Å². The van der Waals surface area contributed by atoms with Crippen LogP contribution in [0.2, 0.25) is 0 Å². The second-order valence-corrected chi connectivity index (χ2v) is 6.41. The summed E-state index contributed by atoms with van der Waals surface area (Å²) in [4.78, 5) is 35.6. The van der Waals surface area contributed by atoms with Gasteiger partial charge >= 0.3 is 6.03 Å². The lowest BCUT2D eigenvalue weighted by molar-refractivity contribution is -0.123. The van der Waals surface area contributed by atoms with E-state index in [1.807, 2.05) is 30.3 Å². The number of barbiturate groups is 1. The Bertz CT molecular complexity index is 1160. The van der Waals surface area contributed by atoms with Gasteiger partial charge in [-0.2, -0.15) is 0 Å². The number of carbonyl (C=O) groups excluding carboxylic acids is 3. The molecule has 29 heavy (non-hydrogen) atoms. The lowest BCUT2D eigenvalue weighted by atomic mass is 10.00. The number of hydrogen-bond acceptors (Lipinski definition) is 4. The Hall–Kier alpha value is -4.00. The predicted octanol–water partition coefficient (Wildman–Crippen LogP) is 3.31. The van der Waals surface area contributed by atoms with Crippen molar-refractivity contribution in [3.05, 3.63) is 83.2 Å². The summed E-state index contributed by atoms with van der Waals surface area (Å²) in [5.74, 6) is -1.53. The van der Waals surface area contributed by atoms with Crippen molar-refractivity contribution >= 4 is 34.7 Å². The van der Waals surface area contributed by atoms with Gasteiger partial charge in [-0.25, -0.2) is 9.18 Å². The average Bonchev–Trinajstić information content (AvgIpc) is 2.69. The number of carbonyl (C=O) groups is 3. The van der Waals surface area contributed by atoms with Gasteiger partial charge in [-0.15, -0.1) is 0 Å². The summed E-state index contributed by atoms with van der Waals surface area (Å²) >= 11 is 0. The molecule has 1 aliphatic heterocycles. The number of ether oxygens (including phenoxy) is 1. The highest BCUT2D eigenvalue weighted by Crippen LogP contribution is 2.31. The first-order valence-corrected chi connectivity index (χ1v) is 8.78. The molecule has 4 amide bonds. The van der Waals surface area contributed by atoms with Crippen molar-refractivity contribution in [2.45, 2.75) is 6.61 Å². The molecular formula is C22H15FN2O4. The van der Waals surface area contributed by atoms with Gasteiger partial charge in [-0.05, 0) is 40.6 Å². The molecule has 0 saturated carbocycles. The molecule has 0 aromatic heterocycles.